The van der Waals surface area contributed by atoms with Crippen LogP contribution in [0.25, 0.3) is 10.9 Å². The zero-order valence-corrected chi connectivity index (χ0v) is 14.8. The summed E-state index contributed by atoms with van der Waals surface area (Å²) in [4.78, 5) is 5.99. The van der Waals surface area contributed by atoms with E-state index in [0.29, 0.717) is 0 Å². The molecule has 3 rings (SSSR count). The first-order valence-electron chi connectivity index (χ1n) is 9.74. The predicted molar refractivity (Wildman–Crippen MR) is 100 cm³/mol. The summed E-state index contributed by atoms with van der Waals surface area (Å²) in [6, 6.07) is 6.89. The molecule has 0 unspecified atom stereocenters. The monoisotopic (exact) mass is 330 g/mol. The van der Waals surface area contributed by atoms with Gasteiger partial charge >= 0.3 is 0 Å². The van der Waals surface area contributed by atoms with Crippen LogP contribution in [0, 0.1) is 0 Å². The van der Waals surface area contributed by atoms with Crippen LogP contribution in [-0.4, -0.2) is 29.6 Å². The maximum absolute atomic E-state index is 12.0. The maximum Gasteiger partial charge on any atom is 0.0894 e. The highest BCUT2D eigenvalue weighted by Gasteiger charge is 2.14. The molecule has 2 aromatic rings. The van der Waals surface area contributed by atoms with Crippen LogP contribution in [0.1, 0.15) is 62.5 Å². The predicted octanol–water partition coefficient (Wildman–Crippen LogP) is 5.62. The molecular formula is C21H31FN2. The molecule has 1 N–H and O–H groups in total. The van der Waals surface area contributed by atoms with Crippen molar-refractivity contribution < 1.29 is 4.39 Å². The Morgan fingerprint density at radius 2 is 1.71 bits per heavy atom. The van der Waals surface area contributed by atoms with Crippen molar-refractivity contribution in [1.29, 1.82) is 0 Å². The number of nitrogens with zero attached hydrogens (tertiary/aromatic N) is 1. The van der Waals surface area contributed by atoms with Crippen LogP contribution in [0.15, 0.2) is 24.4 Å². The first kappa shape index (κ1) is 17.5. The molecule has 1 aromatic heterocycles. The Labute approximate surface area is 145 Å². The second kappa shape index (κ2) is 9.22. The molecule has 2 heterocycles. The van der Waals surface area contributed by atoms with E-state index in [1.165, 1.54) is 73.6 Å². The molecule has 24 heavy (non-hydrogen) atoms. The molecule has 1 aliphatic rings. The molecule has 0 saturated carbocycles. The number of unbranched alkanes of at least 4 members (excludes halogenated alkanes) is 5. The Bertz CT molecular complexity index is 613. The summed E-state index contributed by atoms with van der Waals surface area (Å²) in [5, 5.41) is 1.40. The number of hydrogen-bond donors (Lipinski definition) is 1. The van der Waals surface area contributed by atoms with E-state index in [2.05, 4.69) is 34.3 Å². The van der Waals surface area contributed by atoms with E-state index in [9.17, 15) is 4.39 Å². The average Bonchev–Trinajstić information content (AvgIpc) is 3.25. The summed E-state index contributed by atoms with van der Waals surface area (Å²) < 4.78 is 12.0. The fourth-order valence-corrected chi connectivity index (χ4v) is 3.82. The molecule has 3 heteroatoms. The Hall–Kier alpha value is -1.35. The number of halogens is 1. The van der Waals surface area contributed by atoms with Gasteiger partial charge in [0.15, 0.2) is 0 Å². The van der Waals surface area contributed by atoms with Gasteiger partial charge in [-0.2, -0.15) is 0 Å². The van der Waals surface area contributed by atoms with Crippen molar-refractivity contribution in [3.05, 3.63) is 35.5 Å². The fraction of sp³-hybridized carbons (Fsp3) is 0.619. The van der Waals surface area contributed by atoms with Crippen molar-refractivity contribution in [2.45, 2.75) is 64.3 Å². The highest BCUT2D eigenvalue weighted by atomic mass is 19.1. The zero-order valence-electron chi connectivity index (χ0n) is 14.8. The minimum Gasteiger partial charge on any atom is -0.361 e. The molecule has 1 aromatic carbocycles. The van der Waals surface area contributed by atoms with Crippen LogP contribution < -0.4 is 0 Å². The molecule has 1 saturated heterocycles. The number of fused-ring (bicyclic) bond motifs is 1. The number of aryl methyl sites for hydroxylation is 1. The van der Waals surface area contributed by atoms with Gasteiger partial charge in [0.2, 0.25) is 0 Å². The Balaban J connectivity index is 1.51. The maximum atomic E-state index is 12.0. The van der Waals surface area contributed by atoms with Gasteiger partial charge in [-0.05, 0) is 68.5 Å². The quantitative estimate of drug-likeness (QED) is 0.560. The molecule has 132 valence electrons. The molecule has 0 radical (unpaired) electrons. The SMILES string of the molecule is FCCCCCCCCc1ccc2[nH]cc(CN3CCCC3)c2c1. The Kier molecular flexibility index (Phi) is 6.71. The van der Waals surface area contributed by atoms with Gasteiger partial charge in [-0.1, -0.05) is 31.7 Å². The first-order chi connectivity index (χ1) is 11.9. The molecule has 2 nitrogen and oxygen atoms in total. The highest BCUT2D eigenvalue weighted by Crippen LogP contribution is 2.23. The Morgan fingerprint density at radius 1 is 0.958 bits per heavy atom. The van der Waals surface area contributed by atoms with Crippen LogP contribution in [0.4, 0.5) is 4.39 Å². The number of nitrogens with one attached hydrogen (secondary N) is 1. The molecule has 1 aliphatic heterocycles. The van der Waals surface area contributed by atoms with Crippen LogP contribution in [0.5, 0.6) is 0 Å². The number of benzene rings is 1. The number of aromatic nitrogens is 1. The summed E-state index contributed by atoms with van der Waals surface area (Å²) in [7, 11) is 0. The number of hydrogen-bond acceptors (Lipinski definition) is 1. The molecular weight excluding hydrogens is 299 g/mol. The van der Waals surface area contributed by atoms with Gasteiger partial charge in [0.05, 0.1) is 6.67 Å². The third-order valence-electron chi connectivity index (χ3n) is 5.27. The minimum absolute atomic E-state index is 0.156. The van der Waals surface area contributed by atoms with Crippen LogP contribution in [0.3, 0.4) is 0 Å². The van der Waals surface area contributed by atoms with Crippen molar-refractivity contribution in [2.24, 2.45) is 0 Å². The van der Waals surface area contributed by atoms with Crippen molar-refractivity contribution in [2.75, 3.05) is 19.8 Å². The van der Waals surface area contributed by atoms with Crippen LogP contribution >= 0.6 is 0 Å². The van der Waals surface area contributed by atoms with Gasteiger partial charge in [-0.3, -0.25) is 9.29 Å². The van der Waals surface area contributed by atoms with E-state index in [1.807, 2.05) is 0 Å². The van der Waals surface area contributed by atoms with Crippen LogP contribution in [0.2, 0.25) is 0 Å². The molecule has 0 spiro atoms. The normalized spacial score (nSPS) is 15.5. The van der Waals surface area contributed by atoms with E-state index >= 15 is 0 Å². The van der Waals surface area contributed by atoms with E-state index in [4.69, 9.17) is 0 Å². The van der Waals surface area contributed by atoms with Gasteiger partial charge < -0.3 is 4.98 Å². The van der Waals surface area contributed by atoms with Gasteiger partial charge in [-0.15, -0.1) is 0 Å². The molecule has 0 aliphatic carbocycles. The third kappa shape index (κ3) is 4.83. The lowest BCUT2D eigenvalue weighted by Crippen LogP contribution is -2.18. The smallest absolute Gasteiger partial charge is 0.0894 e. The first-order valence-corrected chi connectivity index (χ1v) is 9.74. The third-order valence-corrected chi connectivity index (χ3v) is 5.27. The standard InChI is InChI=1S/C21H31FN2/c22-12-6-4-2-1-3-5-9-18-10-11-21-20(15-18)19(16-23-21)17-24-13-7-8-14-24/h10-11,15-16,23H,1-9,12-14,17H2. The van der Waals surface area contributed by atoms with E-state index in [-0.39, 0.29) is 6.67 Å². The lowest BCUT2D eigenvalue weighted by molar-refractivity contribution is 0.332. The molecule has 1 fully saturated rings. The molecule has 0 bridgehead atoms. The number of likely N-dealkylation sites (tertiary alicyclic amines) is 1. The second-order valence-electron chi connectivity index (χ2n) is 7.24. The van der Waals surface area contributed by atoms with Gasteiger partial charge in [0, 0.05) is 23.6 Å². The van der Waals surface area contributed by atoms with E-state index < -0.39 is 0 Å². The topological polar surface area (TPSA) is 19.0 Å². The van der Waals surface area contributed by atoms with Gasteiger partial charge in [0.1, 0.15) is 0 Å². The number of rotatable bonds is 10. The highest BCUT2D eigenvalue weighted by molar-refractivity contribution is 5.83. The summed E-state index contributed by atoms with van der Waals surface area (Å²) in [5.74, 6) is 0. The summed E-state index contributed by atoms with van der Waals surface area (Å²) in [6.07, 6.45) is 12.8. The molecule has 0 amide bonds. The van der Waals surface area contributed by atoms with Gasteiger partial charge in [0.25, 0.3) is 0 Å². The minimum atomic E-state index is -0.156. The lowest BCUT2D eigenvalue weighted by atomic mass is 10.0. The van der Waals surface area contributed by atoms with Crippen LogP contribution in [-0.2, 0) is 13.0 Å². The van der Waals surface area contributed by atoms with Crippen molar-refractivity contribution in [1.82, 2.24) is 9.88 Å². The van der Waals surface area contributed by atoms with Crippen molar-refractivity contribution >= 4 is 10.9 Å². The second-order valence-corrected chi connectivity index (χ2v) is 7.24. The average molecular weight is 330 g/mol. The van der Waals surface area contributed by atoms with E-state index in [0.717, 1.165) is 25.8 Å². The lowest BCUT2D eigenvalue weighted by Gasteiger charge is -2.13. The largest absolute Gasteiger partial charge is 0.361 e. The molecule has 0 atom stereocenters. The zero-order chi connectivity index (χ0) is 16.6. The summed E-state index contributed by atoms with van der Waals surface area (Å²) in [5.41, 5.74) is 4.16. The summed E-state index contributed by atoms with van der Waals surface area (Å²) >= 11 is 0. The van der Waals surface area contributed by atoms with Crippen molar-refractivity contribution in [3.63, 3.8) is 0 Å². The number of aromatic amines is 1. The van der Waals surface area contributed by atoms with E-state index in [1.54, 1.807) is 0 Å². The summed E-state index contributed by atoms with van der Waals surface area (Å²) in [6.45, 7) is 3.41. The van der Waals surface area contributed by atoms with Crippen molar-refractivity contribution in [3.8, 4) is 0 Å². The number of alkyl halides is 1. The van der Waals surface area contributed by atoms with Gasteiger partial charge in [-0.25, -0.2) is 0 Å². The fourth-order valence-electron chi connectivity index (χ4n) is 3.82. The Morgan fingerprint density at radius 3 is 2.50 bits per heavy atom. The number of H-pyrrole nitrogens is 1.